The van der Waals surface area contributed by atoms with Crippen LogP contribution in [0.15, 0.2) is 0 Å². The Morgan fingerprint density at radius 1 is 1.38 bits per heavy atom. The molecule has 0 unspecified atom stereocenters. The molecule has 0 aliphatic rings. The first kappa shape index (κ1) is 7.87. The lowest BCUT2D eigenvalue weighted by molar-refractivity contribution is 0.599. The minimum Gasteiger partial charge on any atom is -0.0613 e. The second-order valence-electron chi connectivity index (χ2n) is 2.75. The smallest absolute Gasteiger partial charge is 0.0613 e. The van der Waals surface area contributed by atoms with Gasteiger partial charge in [-0.1, -0.05) is 6.92 Å². The van der Waals surface area contributed by atoms with Gasteiger partial charge in [0.15, 0.2) is 0 Å². The Bertz CT molecular complexity index is 46.0. The van der Waals surface area contributed by atoms with Gasteiger partial charge >= 0.3 is 0 Å². The Morgan fingerprint density at radius 3 is 2.00 bits per heavy atom. The lowest BCUT2D eigenvalue weighted by Crippen LogP contribution is -1.99. The predicted molar refractivity (Wildman–Crippen MR) is 38.7 cm³/mol. The Balaban J connectivity index is 3.17. The van der Waals surface area contributed by atoms with Gasteiger partial charge < -0.3 is 0 Å². The fourth-order valence-corrected chi connectivity index (χ4v) is 0.683. The molecule has 0 N–H and O–H groups in total. The van der Waals surface area contributed by atoms with Gasteiger partial charge in [0.2, 0.25) is 0 Å². The molecule has 0 heteroatoms. The first-order valence-corrected chi connectivity index (χ1v) is 3.50. The second kappa shape index (κ2) is 3.82. The van der Waals surface area contributed by atoms with Gasteiger partial charge in [0.25, 0.3) is 0 Å². The lowest BCUT2D eigenvalue weighted by Gasteiger charge is -2.01. The van der Waals surface area contributed by atoms with Crippen molar-refractivity contribution in [3.05, 3.63) is 5.92 Å². The third-order valence-electron chi connectivity index (χ3n) is 1.63. The maximum Gasteiger partial charge on any atom is 0.0943 e. The first-order valence-electron chi connectivity index (χ1n) is 3.50. The van der Waals surface area contributed by atoms with Crippen LogP contribution in [0, 0.1) is 11.8 Å². The summed E-state index contributed by atoms with van der Waals surface area (Å²) in [5, 5.41) is 0. The van der Waals surface area contributed by atoms with Crippen molar-refractivity contribution < 1.29 is 0 Å². The molecule has 0 aliphatic carbocycles. The average molecular weight is 113 g/mol. The summed E-state index contributed by atoms with van der Waals surface area (Å²) in [6.45, 7) is 8.98. The summed E-state index contributed by atoms with van der Waals surface area (Å²) in [4.78, 5) is 0. The van der Waals surface area contributed by atoms with Gasteiger partial charge in [0.05, 0.1) is 25.2 Å². The van der Waals surface area contributed by atoms with E-state index in [4.69, 9.17) is 0 Å². The topological polar surface area (TPSA) is 0 Å². The molecule has 0 atom stereocenters. The van der Waals surface area contributed by atoms with Gasteiger partial charge in [0, 0.05) is 0 Å². The van der Waals surface area contributed by atoms with Crippen LogP contribution in [0.2, 0.25) is 0 Å². The first-order chi connectivity index (χ1) is 3.68. The van der Waals surface area contributed by atoms with Gasteiger partial charge in [-0.15, -0.1) is 0 Å². The van der Waals surface area contributed by atoms with E-state index in [0.29, 0.717) is 0 Å². The zero-order valence-electron chi connectivity index (χ0n) is 6.49. The normalized spacial score (nSPS) is 10.1. The summed E-state index contributed by atoms with van der Waals surface area (Å²) in [7, 11) is 0. The molecule has 0 aromatic carbocycles. The van der Waals surface area contributed by atoms with Crippen LogP contribution >= 0.6 is 0 Å². The minimum atomic E-state index is 0.787. The van der Waals surface area contributed by atoms with E-state index in [1.807, 2.05) is 0 Å². The molecule has 0 saturated heterocycles. The number of hydrogen-bond donors (Lipinski definition) is 0. The number of rotatable bonds is 3. The van der Waals surface area contributed by atoms with E-state index in [1.54, 1.807) is 5.92 Å². The quantitative estimate of drug-likeness (QED) is 0.493. The van der Waals surface area contributed by atoms with Gasteiger partial charge in [0.1, 0.15) is 0 Å². The van der Waals surface area contributed by atoms with E-state index >= 15 is 0 Å². The summed E-state index contributed by atoms with van der Waals surface area (Å²) in [6.07, 6.45) is 2.60. The highest BCUT2D eigenvalue weighted by Crippen LogP contribution is 2.17. The van der Waals surface area contributed by atoms with E-state index in [2.05, 4.69) is 27.7 Å². The summed E-state index contributed by atoms with van der Waals surface area (Å²) < 4.78 is 0. The molecule has 0 amide bonds. The molecule has 0 aliphatic heterocycles. The van der Waals surface area contributed by atoms with Crippen molar-refractivity contribution in [3.63, 3.8) is 0 Å². The van der Waals surface area contributed by atoms with Crippen LogP contribution in [0.1, 0.15) is 40.5 Å². The molecule has 0 aromatic heterocycles. The average Bonchev–Trinajstić information content (AvgIpc) is 1.67. The Hall–Kier alpha value is -0.130. The van der Waals surface area contributed by atoms with Gasteiger partial charge in [-0.25, -0.2) is 0 Å². The van der Waals surface area contributed by atoms with E-state index < -0.39 is 0 Å². The molecule has 0 aromatic rings. The van der Waals surface area contributed by atoms with Crippen LogP contribution < -0.4 is 0 Å². The largest absolute Gasteiger partial charge is 0.0943 e. The highest BCUT2D eigenvalue weighted by atomic mass is 14.1. The summed E-state index contributed by atoms with van der Waals surface area (Å²) in [6, 6.07) is 0. The maximum absolute atomic E-state index is 2.25. The molecule has 48 valence electrons. The van der Waals surface area contributed by atoms with Crippen molar-refractivity contribution in [2.45, 2.75) is 40.5 Å². The SMILES string of the molecule is CCC[C+](C)C(C)C. The Kier molecular flexibility index (Phi) is 3.76. The summed E-state index contributed by atoms with van der Waals surface area (Å²) >= 11 is 0. The molecule has 0 bridgehead atoms. The van der Waals surface area contributed by atoms with Crippen molar-refractivity contribution in [2.75, 3.05) is 0 Å². The molecule has 8 heavy (non-hydrogen) atoms. The summed E-state index contributed by atoms with van der Waals surface area (Å²) in [5.41, 5.74) is 0. The van der Waals surface area contributed by atoms with Crippen molar-refractivity contribution >= 4 is 0 Å². The van der Waals surface area contributed by atoms with E-state index in [0.717, 1.165) is 5.92 Å². The highest BCUT2D eigenvalue weighted by Gasteiger charge is 2.15. The molecular formula is C8H17+. The van der Waals surface area contributed by atoms with Crippen molar-refractivity contribution in [2.24, 2.45) is 5.92 Å². The van der Waals surface area contributed by atoms with Crippen molar-refractivity contribution in [3.8, 4) is 0 Å². The molecule has 0 radical (unpaired) electrons. The Labute approximate surface area is 53.3 Å². The van der Waals surface area contributed by atoms with Gasteiger partial charge in [-0.3, -0.25) is 0 Å². The van der Waals surface area contributed by atoms with Gasteiger partial charge in [-0.05, 0) is 20.3 Å². The van der Waals surface area contributed by atoms with Crippen LogP contribution in [0.5, 0.6) is 0 Å². The van der Waals surface area contributed by atoms with Gasteiger partial charge in [-0.2, -0.15) is 0 Å². The third-order valence-corrected chi connectivity index (χ3v) is 1.63. The number of hydrogen-bond acceptors (Lipinski definition) is 0. The third kappa shape index (κ3) is 2.95. The molecule has 0 nitrogen and oxygen atoms in total. The van der Waals surface area contributed by atoms with Crippen LogP contribution in [-0.4, -0.2) is 0 Å². The van der Waals surface area contributed by atoms with Crippen LogP contribution in [0.25, 0.3) is 0 Å². The zero-order chi connectivity index (χ0) is 6.57. The zero-order valence-corrected chi connectivity index (χ0v) is 6.49. The van der Waals surface area contributed by atoms with Crippen LogP contribution in [0.4, 0.5) is 0 Å². The fourth-order valence-electron chi connectivity index (χ4n) is 0.683. The lowest BCUT2D eigenvalue weighted by atomic mass is 9.94. The minimum absolute atomic E-state index is 0.787. The summed E-state index contributed by atoms with van der Waals surface area (Å²) in [5.74, 6) is 2.42. The van der Waals surface area contributed by atoms with Crippen molar-refractivity contribution in [1.82, 2.24) is 0 Å². The standard InChI is InChI=1S/C8H17/c1-5-6-8(4)7(2)3/h7H,5-6H2,1-4H3/q+1. The Morgan fingerprint density at radius 2 is 1.88 bits per heavy atom. The monoisotopic (exact) mass is 113 g/mol. The van der Waals surface area contributed by atoms with E-state index in [9.17, 15) is 0 Å². The van der Waals surface area contributed by atoms with Crippen LogP contribution in [0.3, 0.4) is 0 Å². The highest BCUT2D eigenvalue weighted by molar-refractivity contribution is 4.86. The van der Waals surface area contributed by atoms with Crippen LogP contribution in [-0.2, 0) is 0 Å². The molecule has 0 heterocycles. The molecule has 0 rings (SSSR count). The fraction of sp³-hybridized carbons (Fsp3) is 0.875. The molecule has 0 saturated carbocycles. The van der Waals surface area contributed by atoms with E-state index in [-0.39, 0.29) is 0 Å². The van der Waals surface area contributed by atoms with E-state index in [1.165, 1.54) is 12.8 Å². The van der Waals surface area contributed by atoms with Crippen molar-refractivity contribution in [1.29, 1.82) is 0 Å². The second-order valence-corrected chi connectivity index (χ2v) is 2.75. The predicted octanol–water partition coefficient (Wildman–Crippen LogP) is 3.04. The molecule has 0 fully saturated rings. The molecule has 0 spiro atoms. The molecular weight excluding hydrogens is 96.1 g/mol. The maximum atomic E-state index is 2.25.